The van der Waals surface area contributed by atoms with Crippen molar-refractivity contribution >= 4 is 54.8 Å². The standard InChI is InChI=1S/C30H26Br2N2O4/c1-3-14-37-27-13-12-21(16-28(27)36-4-2)30(35)34-33-18-23-15-24(31)17-26(32)29(23)38-19-22-10-7-9-20-8-5-6-11-25(20)22/h3,5-13,15-18H,1,4,14,19H2,2H3,(H,34,35)/b33-18+. The first kappa shape index (κ1) is 27.4. The molecule has 8 heteroatoms. The highest BCUT2D eigenvalue weighted by Gasteiger charge is 2.13. The first-order valence-corrected chi connectivity index (χ1v) is 13.5. The van der Waals surface area contributed by atoms with Gasteiger partial charge in [-0.05, 0) is 69.5 Å². The van der Waals surface area contributed by atoms with Crippen molar-refractivity contribution < 1.29 is 19.0 Å². The van der Waals surface area contributed by atoms with Crippen molar-refractivity contribution in [3.63, 3.8) is 0 Å². The van der Waals surface area contributed by atoms with Gasteiger partial charge in [-0.3, -0.25) is 4.79 Å². The molecule has 0 saturated heterocycles. The molecule has 1 N–H and O–H groups in total. The maximum absolute atomic E-state index is 12.8. The number of halogens is 2. The van der Waals surface area contributed by atoms with Crippen molar-refractivity contribution in [3.8, 4) is 17.2 Å². The Bertz CT molecular complexity index is 1480. The van der Waals surface area contributed by atoms with Crippen LogP contribution in [-0.4, -0.2) is 25.3 Å². The molecule has 0 saturated carbocycles. The molecule has 0 aliphatic rings. The van der Waals surface area contributed by atoms with Crippen LogP contribution in [0.15, 0.2) is 99.5 Å². The number of nitrogens with zero attached hydrogens (tertiary/aromatic N) is 1. The van der Waals surface area contributed by atoms with Gasteiger partial charge in [-0.2, -0.15) is 5.10 Å². The Morgan fingerprint density at radius 2 is 1.79 bits per heavy atom. The first-order valence-electron chi connectivity index (χ1n) is 11.9. The maximum Gasteiger partial charge on any atom is 0.271 e. The molecule has 0 radical (unpaired) electrons. The number of nitrogens with one attached hydrogen (secondary N) is 1. The molecule has 6 nitrogen and oxygen atoms in total. The normalized spacial score (nSPS) is 10.9. The van der Waals surface area contributed by atoms with Crippen LogP contribution in [0.4, 0.5) is 0 Å². The van der Waals surface area contributed by atoms with Crippen LogP contribution in [0.3, 0.4) is 0 Å². The van der Waals surface area contributed by atoms with Gasteiger partial charge in [-0.15, -0.1) is 0 Å². The lowest BCUT2D eigenvalue weighted by atomic mass is 10.1. The van der Waals surface area contributed by atoms with Crippen molar-refractivity contribution in [1.82, 2.24) is 5.43 Å². The summed E-state index contributed by atoms with van der Waals surface area (Å²) in [5.74, 6) is 1.25. The third kappa shape index (κ3) is 6.82. The summed E-state index contributed by atoms with van der Waals surface area (Å²) in [6.45, 7) is 6.66. The average Bonchev–Trinajstić information content (AvgIpc) is 2.92. The van der Waals surface area contributed by atoms with Crippen molar-refractivity contribution in [1.29, 1.82) is 0 Å². The monoisotopic (exact) mass is 636 g/mol. The van der Waals surface area contributed by atoms with Gasteiger partial charge in [0.05, 0.1) is 17.3 Å². The van der Waals surface area contributed by atoms with Crippen LogP contribution in [0.1, 0.15) is 28.4 Å². The van der Waals surface area contributed by atoms with Crippen molar-refractivity contribution in [2.75, 3.05) is 13.2 Å². The molecule has 4 aromatic carbocycles. The molecule has 1 amide bonds. The zero-order valence-electron chi connectivity index (χ0n) is 20.7. The molecular formula is C30H26Br2N2O4. The second-order valence-electron chi connectivity index (χ2n) is 8.13. The summed E-state index contributed by atoms with van der Waals surface area (Å²) in [6, 6.07) is 23.1. The Labute approximate surface area is 238 Å². The number of rotatable bonds is 11. The number of carbonyl (C=O) groups is 1. The summed E-state index contributed by atoms with van der Waals surface area (Å²) in [4.78, 5) is 12.8. The quantitative estimate of drug-likeness (QED) is 0.104. The zero-order valence-corrected chi connectivity index (χ0v) is 23.9. The van der Waals surface area contributed by atoms with Gasteiger partial charge in [-0.1, -0.05) is 71.0 Å². The van der Waals surface area contributed by atoms with E-state index in [2.05, 4.69) is 67.2 Å². The van der Waals surface area contributed by atoms with Gasteiger partial charge in [-0.25, -0.2) is 5.43 Å². The Kier molecular flexibility index (Phi) is 9.56. The highest BCUT2D eigenvalue weighted by molar-refractivity contribution is 9.11. The van der Waals surface area contributed by atoms with Crippen molar-refractivity contribution in [3.05, 3.63) is 111 Å². The number of fused-ring (bicyclic) bond motifs is 1. The molecule has 0 bridgehead atoms. The smallest absolute Gasteiger partial charge is 0.271 e. The van der Waals surface area contributed by atoms with Gasteiger partial charge in [0.1, 0.15) is 19.0 Å². The third-order valence-electron chi connectivity index (χ3n) is 5.52. The first-order chi connectivity index (χ1) is 18.5. The summed E-state index contributed by atoms with van der Waals surface area (Å²) in [7, 11) is 0. The minimum absolute atomic E-state index is 0.336. The third-order valence-corrected chi connectivity index (χ3v) is 6.57. The number of hydrogen-bond acceptors (Lipinski definition) is 5. The van der Waals surface area contributed by atoms with Crippen LogP contribution in [0, 0.1) is 0 Å². The number of amides is 1. The number of hydrogen-bond donors (Lipinski definition) is 1. The van der Waals surface area contributed by atoms with Gasteiger partial charge in [0.15, 0.2) is 11.5 Å². The maximum atomic E-state index is 12.8. The molecule has 4 aromatic rings. The summed E-state index contributed by atoms with van der Waals surface area (Å²) in [6.07, 6.45) is 3.20. The average molecular weight is 638 g/mol. The fourth-order valence-corrected chi connectivity index (χ4v) is 5.18. The van der Waals surface area contributed by atoms with E-state index >= 15 is 0 Å². The number of ether oxygens (including phenoxy) is 3. The van der Waals surface area contributed by atoms with Gasteiger partial charge < -0.3 is 14.2 Å². The van der Waals surface area contributed by atoms with Gasteiger partial charge >= 0.3 is 0 Å². The second kappa shape index (κ2) is 13.3. The number of benzene rings is 4. The SMILES string of the molecule is C=CCOc1ccc(C(=O)N/N=C/c2cc(Br)cc(Br)c2OCc2cccc3ccccc23)cc1OCC. The van der Waals surface area contributed by atoms with Crippen molar-refractivity contribution in [2.24, 2.45) is 5.10 Å². The van der Waals surface area contributed by atoms with Crippen LogP contribution in [0.5, 0.6) is 17.2 Å². The fraction of sp³-hybridized carbons (Fsp3) is 0.133. The highest BCUT2D eigenvalue weighted by atomic mass is 79.9. The van der Waals surface area contributed by atoms with E-state index in [1.165, 1.54) is 0 Å². The molecule has 0 heterocycles. The van der Waals surface area contributed by atoms with Gasteiger partial charge in [0.25, 0.3) is 5.91 Å². The Balaban J connectivity index is 1.50. The van der Waals surface area contributed by atoms with E-state index in [-0.39, 0.29) is 5.91 Å². The van der Waals surface area contributed by atoms with Crippen LogP contribution in [-0.2, 0) is 6.61 Å². The van der Waals surface area contributed by atoms with Crippen LogP contribution < -0.4 is 19.6 Å². The van der Waals surface area contributed by atoms with E-state index in [4.69, 9.17) is 14.2 Å². The molecule has 0 aromatic heterocycles. The minimum atomic E-state index is -0.384. The van der Waals surface area contributed by atoms with Crippen LogP contribution in [0.2, 0.25) is 0 Å². The lowest BCUT2D eigenvalue weighted by molar-refractivity contribution is 0.0954. The predicted octanol–water partition coefficient (Wildman–Crippen LogP) is 7.67. The topological polar surface area (TPSA) is 69.2 Å². The molecule has 0 spiro atoms. The number of hydrazone groups is 1. The van der Waals surface area contributed by atoms with Crippen LogP contribution >= 0.6 is 31.9 Å². The molecule has 0 unspecified atom stereocenters. The molecule has 0 atom stereocenters. The van der Waals surface area contributed by atoms with E-state index in [9.17, 15) is 4.79 Å². The molecular weight excluding hydrogens is 612 g/mol. The Hall–Kier alpha value is -3.62. The fourth-order valence-electron chi connectivity index (χ4n) is 3.81. The van der Waals surface area contributed by atoms with Crippen molar-refractivity contribution in [2.45, 2.75) is 13.5 Å². The summed E-state index contributed by atoms with van der Waals surface area (Å²) in [5.41, 5.74) is 4.72. The van der Waals surface area contributed by atoms with Gasteiger partial charge in [0, 0.05) is 15.6 Å². The summed E-state index contributed by atoms with van der Waals surface area (Å²) >= 11 is 7.10. The second-order valence-corrected chi connectivity index (χ2v) is 9.90. The van der Waals surface area contributed by atoms with Gasteiger partial charge in [0.2, 0.25) is 0 Å². The lowest BCUT2D eigenvalue weighted by Crippen LogP contribution is -2.18. The minimum Gasteiger partial charge on any atom is -0.490 e. The molecule has 4 rings (SSSR count). The van der Waals surface area contributed by atoms with Crippen LogP contribution in [0.25, 0.3) is 10.8 Å². The summed E-state index contributed by atoms with van der Waals surface area (Å²) in [5, 5.41) is 6.47. The zero-order chi connectivity index (χ0) is 26.9. The molecule has 0 aliphatic heterocycles. The Morgan fingerprint density at radius 3 is 2.61 bits per heavy atom. The molecule has 0 aliphatic carbocycles. The number of carbonyl (C=O) groups excluding carboxylic acids is 1. The largest absolute Gasteiger partial charge is 0.490 e. The highest BCUT2D eigenvalue weighted by Crippen LogP contribution is 2.33. The van der Waals surface area contributed by atoms with E-state index in [0.29, 0.717) is 48.2 Å². The van der Waals surface area contributed by atoms with E-state index < -0.39 is 0 Å². The summed E-state index contributed by atoms with van der Waals surface area (Å²) < 4.78 is 19.1. The predicted molar refractivity (Wildman–Crippen MR) is 158 cm³/mol. The molecule has 38 heavy (non-hydrogen) atoms. The lowest BCUT2D eigenvalue weighted by Gasteiger charge is -2.13. The van der Waals surface area contributed by atoms with E-state index in [1.54, 1.807) is 30.5 Å². The van der Waals surface area contributed by atoms with E-state index in [0.717, 1.165) is 25.3 Å². The molecule has 0 fully saturated rings. The molecule has 194 valence electrons. The Morgan fingerprint density at radius 1 is 0.974 bits per heavy atom. The van der Waals surface area contributed by atoms with E-state index in [1.807, 2.05) is 43.3 Å².